The van der Waals surface area contributed by atoms with E-state index in [1.807, 2.05) is 0 Å². The molecule has 0 aliphatic rings. The molecule has 0 radical (unpaired) electrons. The molecule has 1 rings (SSSR count). The van der Waals surface area contributed by atoms with E-state index in [-0.39, 0.29) is 0 Å². The SMILES string of the molecule is C=CCOCn1cc(N)nn1. The van der Waals surface area contributed by atoms with Crippen LogP contribution in [0.2, 0.25) is 0 Å². The molecule has 1 aromatic heterocycles. The Morgan fingerprint density at radius 2 is 2.64 bits per heavy atom. The molecular formula is C6H10N4O. The van der Waals surface area contributed by atoms with E-state index in [0.717, 1.165) is 0 Å². The number of hydrogen-bond donors (Lipinski definition) is 1. The van der Waals surface area contributed by atoms with Gasteiger partial charge in [0.1, 0.15) is 6.73 Å². The molecule has 0 spiro atoms. The molecule has 1 heterocycles. The lowest BCUT2D eigenvalue weighted by Gasteiger charge is -1.97. The van der Waals surface area contributed by atoms with E-state index in [2.05, 4.69) is 16.9 Å². The Kier molecular flexibility index (Phi) is 2.62. The van der Waals surface area contributed by atoms with Crippen molar-refractivity contribution < 1.29 is 4.74 Å². The van der Waals surface area contributed by atoms with Gasteiger partial charge in [0.25, 0.3) is 0 Å². The highest BCUT2D eigenvalue weighted by atomic mass is 16.5. The summed E-state index contributed by atoms with van der Waals surface area (Å²) in [5.74, 6) is 0.396. The highest BCUT2D eigenvalue weighted by Gasteiger charge is 1.93. The maximum Gasteiger partial charge on any atom is 0.166 e. The molecule has 0 aromatic carbocycles. The molecule has 5 heteroatoms. The monoisotopic (exact) mass is 154 g/mol. The van der Waals surface area contributed by atoms with Gasteiger partial charge < -0.3 is 10.5 Å². The average Bonchev–Trinajstić information content (AvgIpc) is 2.37. The van der Waals surface area contributed by atoms with Crippen molar-refractivity contribution in [1.82, 2.24) is 15.0 Å². The van der Waals surface area contributed by atoms with Crippen molar-refractivity contribution in [2.45, 2.75) is 6.73 Å². The van der Waals surface area contributed by atoms with Crippen LogP contribution in [0.25, 0.3) is 0 Å². The second-order valence-electron chi connectivity index (χ2n) is 1.97. The van der Waals surface area contributed by atoms with Crippen LogP contribution in [0.5, 0.6) is 0 Å². The van der Waals surface area contributed by atoms with E-state index in [0.29, 0.717) is 19.2 Å². The van der Waals surface area contributed by atoms with Gasteiger partial charge in [-0.25, -0.2) is 4.68 Å². The van der Waals surface area contributed by atoms with Crippen LogP contribution in [-0.2, 0) is 11.5 Å². The Morgan fingerprint density at radius 3 is 3.18 bits per heavy atom. The first kappa shape index (κ1) is 7.74. The summed E-state index contributed by atoms with van der Waals surface area (Å²) >= 11 is 0. The number of nitrogen functional groups attached to an aromatic ring is 1. The van der Waals surface area contributed by atoms with Crippen molar-refractivity contribution in [3.63, 3.8) is 0 Å². The molecule has 11 heavy (non-hydrogen) atoms. The summed E-state index contributed by atoms with van der Waals surface area (Å²) in [4.78, 5) is 0. The molecule has 1 aromatic rings. The van der Waals surface area contributed by atoms with E-state index in [1.165, 1.54) is 4.68 Å². The minimum Gasteiger partial charge on any atom is -0.381 e. The zero-order valence-corrected chi connectivity index (χ0v) is 6.10. The fraction of sp³-hybridized carbons (Fsp3) is 0.333. The molecule has 0 saturated carbocycles. The number of ether oxygens (including phenoxy) is 1. The van der Waals surface area contributed by atoms with Gasteiger partial charge >= 0.3 is 0 Å². The van der Waals surface area contributed by atoms with E-state index < -0.39 is 0 Å². The quantitative estimate of drug-likeness (QED) is 0.490. The van der Waals surface area contributed by atoms with Crippen molar-refractivity contribution in [1.29, 1.82) is 0 Å². The van der Waals surface area contributed by atoms with Crippen LogP contribution in [-0.4, -0.2) is 21.6 Å². The third kappa shape index (κ3) is 2.38. The first-order valence-electron chi connectivity index (χ1n) is 3.17. The Balaban J connectivity index is 2.32. The van der Waals surface area contributed by atoms with Gasteiger partial charge in [-0.05, 0) is 0 Å². The largest absolute Gasteiger partial charge is 0.381 e. The molecule has 0 amide bonds. The van der Waals surface area contributed by atoms with Crippen LogP contribution in [0.4, 0.5) is 5.82 Å². The Morgan fingerprint density at radius 1 is 1.82 bits per heavy atom. The number of nitrogens with two attached hydrogens (primary N) is 1. The summed E-state index contributed by atoms with van der Waals surface area (Å²) < 4.78 is 6.58. The minimum absolute atomic E-state index is 0.357. The summed E-state index contributed by atoms with van der Waals surface area (Å²) in [6, 6.07) is 0. The summed E-state index contributed by atoms with van der Waals surface area (Å²) in [5.41, 5.74) is 5.31. The molecule has 60 valence electrons. The van der Waals surface area contributed by atoms with E-state index in [4.69, 9.17) is 10.5 Å². The van der Waals surface area contributed by atoms with Crippen molar-refractivity contribution in [3.05, 3.63) is 18.9 Å². The van der Waals surface area contributed by atoms with Gasteiger partial charge in [0.15, 0.2) is 5.82 Å². The van der Waals surface area contributed by atoms with Gasteiger partial charge in [-0.3, -0.25) is 0 Å². The van der Waals surface area contributed by atoms with Crippen molar-refractivity contribution in [3.8, 4) is 0 Å². The molecule has 0 saturated heterocycles. The lowest BCUT2D eigenvalue weighted by molar-refractivity contribution is 0.0897. The van der Waals surface area contributed by atoms with Crippen LogP contribution >= 0.6 is 0 Å². The van der Waals surface area contributed by atoms with Crippen molar-refractivity contribution in [2.24, 2.45) is 0 Å². The summed E-state index contributed by atoms with van der Waals surface area (Å²) in [6.07, 6.45) is 3.27. The first-order chi connectivity index (χ1) is 5.33. The lowest BCUT2D eigenvalue weighted by atomic mass is 10.7. The molecule has 0 atom stereocenters. The predicted molar refractivity (Wildman–Crippen MR) is 40.6 cm³/mol. The molecule has 0 aliphatic carbocycles. The smallest absolute Gasteiger partial charge is 0.166 e. The number of anilines is 1. The highest BCUT2D eigenvalue weighted by molar-refractivity contribution is 5.19. The molecule has 0 aliphatic heterocycles. The fourth-order valence-corrected chi connectivity index (χ4v) is 0.606. The van der Waals surface area contributed by atoms with Gasteiger partial charge in [-0.15, -0.1) is 11.7 Å². The molecular weight excluding hydrogens is 144 g/mol. The van der Waals surface area contributed by atoms with E-state index >= 15 is 0 Å². The van der Waals surface area contributed by atoms with Crippen LogP contribution in [0.3, 0.4) is 0 Å². The average molecular weight is 154 g/mol. The van der Waals surface area contributed by atoms with Gasteiger partial charge in [0.2, 0.25) is 0 Å². The Bertz CT molecular complexity index is 232. The van der Waals surface area contributed by atoms with E-state index in [1.54, 1.807) is 12.3 Å². The maximum atomic E-state index is 5.31. The zero-order valence-electron chi connectivity index (χ0n) is 6.10. The standard InChI is InChI=1S/C6H10N4O/c1-2-3-11-5-10-4-6(7)8-9-10/h2,4H,1,3,5,7H2. The van der Waals surface area contributed by atoms with E-state index in [9.17, 15) is 0 Å². The number of hydrogen-bond acceptors (Lipinski definition) is 4. The van der Waals surface area contributed by atoms with Crippen LogP contribution in [0.1, 0.15) is 0 Å². The number of rotatable bonds is 4. The zero-order chi connectivity index (χ0) is 8.10. The third-order valence-electron chi connectivity index (χ3n) is 1.02. The van der Waals surface area contributed by atoms with Crippen molar-refractivity contribution in [2.75, 3.05) is 12.3 Å². The number of aromatic nitrogens is 3. The van der Waals surface area contributed by atoms with Crippen LogP contribution in [0.15, 0.2) is 18.9 Å². The van der Waals surface area contributed by atoms with Gasteiger partial charge in [-0.2, -0.15) is 0 Å². The normalized spacial score (nSPS) is 9.82. The Hall–Kier alpha value is -1.36. The van der Waals surface area contributed by atoms with Crippen molar-refractivity contribution >= 4 is 5.82 Å². The van der Waals surface area contributed by atoms with Crippen LogP contribution in [0, 0.1) is 0 Å². The maximum absolute atomic E-state index is 5.31. The highest BCUT2D eigenvalue weighted by Crippen LogP contribution is 1.92. The predicted octanol–water partition coefficient (Wildman–Crippen LogP) is 0.0204. The summed E-state index contributed by atoms with van der Waals surface area (Å²) in [5, 5.41) is 7.25. The second kappa shape index (κ2) is 3.72. The summed E-state index contributed by atoms with van der Waals surface area (Å²) in [7, 11) is 0. The lowest BCUT2D eigenvalue weighted by Crippen LogP contribution is -2.02. The fourth-order valence-electron chi connectivity index (χ4n) is 0.606. The van der Waals surface area contributed by atoms with Crippen LogP contribution < -0.4 is 5.73 Å². The number of nitrogens with zero attached hydrogens (tertiary/aromatic N) is 3. The molecule has 5 nitrogen and oxygen atoms in total. The molecule has 2 N–H and O–H groups in total. The van der Waals surface area contributed by atoms with Gasteiger partial charge in [-0.1, -0.05) is 11.3 Å². The topological polar surface area (TPSA) is 66.0 Å². The summed E-state index contributed by atoms with van der Waals surface area (Å²) in [6.45, 7) is 4.36. The molecule has 0 unspecified atom stereocenters. The molecule has 0 fully saturated rings. The first-order valence-corrected chi connectivity index (χ1v) is 3.17. The second-order valence-corrected chi connectivity index (χ2v) is 1.97. The minimum atomic E-state index is 0.357. The Labute approximate surface area is 64.5 Å². The third-order valence-corrected chi connectivity index (χ3v) is 1.02. The van der Waals surface area contributed by atoms with Gasteiger partial charge in [0.05, 0.1) is 12.8 Å². The molecule has 0 bridgehead atoms. The van der Waals surface area contributed by atoms with Gasteiger partial charge in [0, 0.05) is 0 Å².